The standard InChI is InChI=1S/C13H11NO5/c15-11-6-3-9(12(16)13(11)17)7-8-1-4-10(5-2-8)14(18)19/h1-6,15-17H,7H2. The fraction of sp³-hybridized carbons (Fsp3) is 0.0769. The number of hydrogen-bond donors (Lipinski definition) is 3. The summed E-state index contributed by atoms with van der Waals surface area (Å²) in [6.45, 7) is 0. The minimum absolute atomic E-state index is 0.0125. The normalized spacial score (nSPS) is 10.3. The van der Waals surface area contributed by atoms with Crippen molar-refractivity contribution in [3.05, 3.63) is 57.6 Å². The molecule has 0 aliphatic rings. The molecular formula is C13H11NO5. The van der Waals surface area contributed by atoms with Gasteiger partial charge in [-0.1, -0.05) is 18.2 Å². The van der Waals surface area contributed by atoms with Crippen LogP contribution in [0.2, 0.25) is 0 Å². The third kappa shape index (κ3) is 2.57. The zero-order valence-electron chi connectivity index (χ0n) is 9.78. The van der Waals surface area contributed by atoms with Crippen LogP contribution in [-0.2, 0) is 6.42 Å². The third-order valence-electron chi connectivity index (χ3n) is 2.76. The van der Waals surface area contributed by atoms with E-state index in [1.54, 1.807) is 12.1 Å². The van der Waals surface area contributed by atoms with Crippen LogP contribution in [0.3, 0.4) is 0 Å². The first-order chi connectivity index (χ1) is 8.99. The summed E-state index contributed by atoms with van der Waals surface area (Å²) >= 11 is 0. The molecule has 0 fully saturated rings. The van der Waals surface area contributed by atoms with Gasteiger partial charge in [-0.25, -0.2) is 0 Å². The first-order valence-electron chi connectivity index (χ1n) is 5.45. The molecule has 0 saturated carbocycles. The number of non-ortho nitro benzene ring substituents is 1. The van der Waals surface area contributed by atoms with Crippen LogP contribution in [0, 0.1) is 10.1 Å². The topological polar surface area (TPSA) is 104 Å². The van der Waals surface area contributed by atoms with Gasteiger partial charge >= 0.3 is 0 Å². The Morgan fingerprint density at radius 1 is 0.947 bits per heavy atom. The van der Waals surface area contributed by atoms with E-state index >= 15 is 0 Å². The number of benzene rings is 2. The van der Waals surface area contributed by atoms with E-state index in [9.17, 15) is 25.4 Å². The first-order valence-corrected chi connectivity index (χ1v) is 5.45. The van der Waals surface area contributed by atoms with Crippen molar-refractivity contribution in [1.82, 2.24) is 0 Å². The highest BCUT2D eigenvalue weighted by Crippen LogP contribution is 2.37. The van der Waals surface area contributed by atoms with E-state index in [4.69, 9.17) is 0 Å². The monoisotopic (exact) mass is 261 g/mol. The molecular weight excluding hydrogens is 250 g/mol. The largest absolute Gasteiger partial charge is 0.504 e. The number of phenols is 3. The van der Waals surface area contributed by atoms with Gasteiger partial charge in [-0.05, 0) is 11.6 Å². The highest BCUT2D eigenvalue weighted by molar-refractivity contribution is 5.54. The van der Waals surface area contributed by atoms with E-state index in [0.29, 0.717) is 5.56 Å². The Bertz CT molecular complexity index is 622. The molecule has 0 amide bonds. The lowest BCUT2D eigenvalue weighted by Gasteiger charge is -2.07. The van der Waals surface area contributed by atoms with Gasteiger partial charge in [0.2, 0.25) is 5.75 Å². The Hall–Kier alpha value is -2.76. The number of nitro benzene ring substituents is 1. The molecule has 6 heteroatoms. The molecule has 2 aromatic carbocycles. The van der Waals surface area contributed by atoms with Gasteiger partial charge in [0.25, 0.3) is 5.69 Å². The van der Waals surface area contributed by atoms with Crippen molar-refractivity contribution in [3.8, 4) is 17.2 Å². The molecule has 0 atom stereocenters. The maximum Gasteiger partial charge on any atom is 0.269 e. The number of nitrogens with zero attached hydrogens (tertiary/aromatic N) is 1. The van der Waals surface area contributed by atoms with Crippen molar-refractivity contribution < 1.29 is 20.2 Å². The summed E-state index contributed by atoms with van der Waals surface area (Å²) in [5, 5.41) is 38.8. The highest BCUT2D eigenvalue weighted by Gasteiger charge is 2.12. The third-order valence-corrected chi connectivity index (χ3v) is 2.76. The summed E-state index contributed by atoms with van der Waals surface area (Å²) < 4.78 is 0. The van der Waals surface area contributed by atoms with Crippen molar-refractivity contribution in [2.24, 2.45) is 0 Å². The molecule has 0 bridgehead atoms. The van der Waals surface area contributed by atoms with E-state index < -0.39 is 22.2 Å². The molecule has 0 heterocycles. The van der Waals surface area contributed by atoms with Crippen molar-refractivity contribution in [1.29, 1.82) is 0 Å². The van der Waals surface area contributed by atoms with Gasteiger partial charge in [-0.15, -0.1) is 0 Å². The SMILES string of the molecule is O=[N+]([O-])c1ccc(Cc2ccc(O)c(O)c2O)cc1. The molecule has 0 radical (unpaired) electrons. The summed E-state index contributed by atoms with van der Waals surface area (Å²) in [4.78, 5) is 10.0. The molecule has 0 aliphatic heterocycles. The van der Waals surface area contributed by atoms with Gasteiger partial charge in [-0.3, -0.25) is 10.1 Å². The quantitative estimate of drug-likeness (QED) is 0.446. The van der Waals surface area contributed by atoms with Crippen molar-refractivity contribution in [3.63, 3.8) is 0 Å². The molecule has 98 valence electrons. The number of rotatable bonds is 3. The number of hydrogen-bond acceptors (Lipinski definition) is 5. The van der Waals surface area contributed by atoms with Crippen molar-refractivity contribution >= 4 is 5.69 Å². The van der Waals surface area contributed by atoms with Crippen molar-refractivity contribution in [2.45, 2.75) is 6.42 Å². The molecule has 0 spiro atoms. The maximum absolute atomic E-state index is 10.5. The van der Waals surface area contributed by atoms with E-state index in [1.807, 2.05) is 0 Å². The second kappa shape index (κ2) is 4.85. The highest BCUT2D eigenvalue weighted by atomic mass is 16.6. The summed E-state index contributed by atoms with van der Waals surface area (Å²) in [5.41, 5.74) is 1.15. The molecule has 6 nitrogen and oxygen atoms in total. The second-order valence-corrected chi connectivity index (χ2v) is 4.04. The minimum Gasteiger partial charge on any atom is -0.504 e. The number of nitro groups is 1. The lowest BCUT2D eigenvalue weighted by Crippen LogP contribution is -1.91. The maximum atomic E-state index is 10.5. The minimum atomic E-state index is -0.570. The Balaban J connectivity index is 2.26. The van der Waals surface area contributed by atoms with Crippen LogP contribution < -0.4 is 0 Å². The van der Waals surface area contributed by atoms with E-state index in [-0.39, 0.29) is 12.1 Å². The molecule has 0 saturated heterocycles. The van der Waals surface area contributed by atoms with Gasteiger partial charge in [0, 0.05) is 24.1 Å². The zero-order chi connectivity index (χ0) is 14.0. The lowest BCUT2D eigenvalue weighted by atomic mass is 10.0. The fourth-order valence-electron chi connectivity index (χ4n) is 1.71. The predicted molar refractivity (Wildman–Crippen MR) is 67.3 cm³/mol. The molecule has 0 unspecified atom stereocenters. The molecule has 0 aromatic heterocycles. The average molecular weight is 261 g/mol. The van der Waals surface area contributed by atoms with Gasteiger partial charge < -0.3 is 15.3 Å². The summed E-state index contributed by atoms with van der Waals surface area (Å²) in [7, 11) is 0. The predicted octanol–water partition coefficient (Wildman–Crippen LogP) is 2.30. The molecule has 2 aromatic rings. The molecule has 3 N–H and O–H groups in total. The fourth-order valence-corrected chi connectivity index (χ4v) is 1.71. The summed E-state index contributed by atoms with van der Waals surface area (Å²) in [5.74, 6) is -1.36. The smallest absolute Gasteiger partial charge is 0.269 e. The van der Waals surface area contributed by atoms with Crippen LogP contribution in [-0.4, -0.2) is 20.2 Å². The van der Waals surface area contributed by atoms with E-state index in [2.05, 4.69) is 0 Å². The Morgan fingerprint density at radius 3 is 2.16 bits per heavy atom. The summed E-state index contributed by atoms with van der Waals surface area (Å²) in [6, 6.07) is 8.63. The number of aromatic hydroxyl groups is 3. The Morgan fingerprint density at radius 2 is 1.58 bits per heavy atom. The van der Waals surface area contributed by atoms with Crippen LogP contribution in [0.25, 0.3) is 0 Å². The zero-order valence-corrected chi connectivity index (χ0v) is 9.78. The van der Waals surface area contributed by atoms with E-state index in [1.165, 1.54) is 24.3 Å². The number of phenolic OH excluding ortho intramolecular Hbond substituents is 3. The van der Waals surface area contributed by atoms with Crippen LogP contribution >= 0.6 is 0 Å². The Labute approximate surface area is 108 Å². The first kappa shape index (κ1) is 12.7. The second-order valence-electron chi connectivity index (χ2n) is 4.04. The molecule has 0 aliphatic carbocycles. The average Bonchev–Trinajstić information content (AvgIpc) is 2.40. The van der Waals surface area contributed by atoms with Gasteiger partial charge in [0.05, 0.1) is 4.92 Å². The van der Waals surface area contributed by atoms with Gasteiger partial charge in [-0.2, -0.15) is 0 Å². The molecule has 2 rings (SSSR count). The molecule has 19 heavy (non-hydrogen) atoms. The summed E-state index contributed by atoms with van der Waals surface area (Å²) in [6.07, 6.45) is 0.289. The van der Waals surface area contributed by atoms with E-state index in [0.717, 1.165) is 5.56 Å². The van der Waals surface area contributed by atoms with Gasteiger partial charge in [0.15, 0.2) is 11.5 Å². The Kier molecular flexibility index (Phi) is 3.24. The van der Waals surface area contributed by atoms with Crippen LogP contribution in [0.5, 0.6) is 17.2 Å². The van der Waals surface area contributed by atoms with Crippen LogP contribution in [0.4, 0.5) is 5.69 Å². The van der Waals surface area contributed by atoms with Crippen molar-refractivity contribution in [2.75, 3.05) is 0 Å². The lowest BCUT2D eigenvalue weighted by molar-refractivity contribution is -0.384. The van der Waals surface area contributed by atoms with Crippen LogP contribution in [0.1, 0.15) is 11.1 Å². The van der Waals surface area contributed by atoms with Gasteiger partial charge in [0.1, 0.15) is 0 Å². The van der Waals surface area contributed by atoms with Crippen LogP contribution in [0.15, 0.2) is 36.4 Å².